The normalized spacial score (nSPS) is 13.9. The summed E-state index contributed by atoms with van der Waals surface area (Å²) in [7, 11) is -3.98. The van der Waals surface area contributed by atoms with Gasteiger partial charge in [0, 0.05) is 0 Å². The van der Waals surface area contributed by atoms with E-state index in [0.717, 1.165) is 18.1 Å². The number of hydrogen-bond donors (Lipinski definition) is 2. The summed E-state index contributed by atoms with van der Waals surface area (Å²) in [5.41, 5.74) is 0.266. The third-order valence-corrected chi connectivity index (χ3v) is 6.20. The van der Waals surface area contributed by atoms with Crippen molar-refractivity contribution >= 4 is 15.8 Å². The van der Waals surface area contributed by atoms with Crippen LogP contribution in [0.1, 0.15) is 23.6 Å². The Hall–Kier alpha value is -2.38. The molecule has 0 radical (unpaired) electrons. The molecule has 0 saturated carbocycles. The van der Waals surface area contributed by atoms with Crippen LogP contribution in [0.15, 0.2) is 41.3 Å². The zero-order chi connectivity index (χ0) is 19.7. The number of carboxylic acid groups (broad SMARTS) is 1. The van der Waals surface area contributed by atoms with Gasteiger partial charge in [-0.15, -0.1) is 0 Å². The SMILES string of the molecule is Cc1ccc(Oc2ccc(S(=O)(=O)CC(C)(O)C(=O)O)c(C)c2)cc1C. The molecule has 0 aliphatic carbocycles. The summed E-state index contributed by atoms with van der Waals surface area (Å²) in [5.74, 6) is -1.40. The van der Waals surface area contributed by atoms with Gasteiger partial charge in [-0.3, -0.25) is 0 Å². The average Bonchev–Trinajstić information content (AvgIpc) is 2.49. The number of aliphatic carboxylic acids is 1. The lowest BCUT2D eigenvalue weighted by Crippen LogP contribution is -2.42. The number of aliphatic hydroxyl groups is 1. The Morgan fingerprint density at radius 3 is 2.04 bits per heavy atom. The van der Waals surface area contributed by atoms with Crippen molar-refractivity contribution in [3.8, 4) is 11.5 Å². The zero-order valence-corrected chi connectivity index (χ0v) is 15.9. The fourth-order valence-corrected chi connectivity index (χ4v) is 4.30. The number of carbonyl (C=O) groups is 1. The molecular weight excluding hydrogens is 356 g/mol. The molecule has 1 unspecified atom stereocenters. The molecule has 6 nitrogen and oxygen atoms in total. The molecule has 140 valence electrons. The molecule has 2 rings (SSSR count). The average molecular weight is 378 g/mol. The van der Waals surface area contributed by atoms with E-state index in [4.69, 9.17) is 9.84 Å². The van der Waals surface area contributed by atoms with Gasteiger partial charge in [-0.25, -0.2) is 13.2 Å². The van der Waals surface area contributed by atoms with Gasteiger partial charge >= 0.3 is 5.97 Å². The topological polar surface area (TPSA) is 101 Å². The van der Waals surface area contributed by atoms with Crippen LogP contribution >= 0.6 is 0 Å². The maximum Gasteiger partial charge on any atom is 0.336 e. The Labute approximate surface area is 153 Å². The molecule has 0 aliphatic heterocycles. The predicted octanol–water partition coefficient (Wildman–Crippen LogP) is 3.01. The summed E-state index contributed by atoms with van der Waals surface area (Å²) in [6.07, 6.45) is 0. The number of sulfone groups is 1. The van der Waals surface area contributed by atoms with Crippen molar-refractivity contribution in [1.82, 2.24) is 0 Å². The maximum atomic E-state index is 12.5. The van der Waals surface area contributed by atoms with E-state index in [1.54, 1.807) is 13.0 Å². The van der Waals surface area contributed by atoms with Gasteiger partial charge in [0.1, 0.15) is 11.5 Å². The van der Waals surface area contributed by atoms with Crippen molar-refractivity contribution in [3.05, 3.63) is 53.1 Å². The Morgan fingerprint density at radius 1 is 1.00 bits per heavy atom. The van der Waals surface area contributed by atoms with Crippen molar-refractivity contribution in [2.24, 2.45) is 0 Å². The van der Waals surface area contributed by atoms with Crippen molar-refractivity contribution in [2.75, 3.05) is 5.75 Å². The highest BCUT2D eigenvalue weighted by Crippen LogP contribution is 2.28. The lowest BCUT2D eigenvalue weighted by atomic mass is 10.1. The first-order chi connectivity index (χ1) is 11.9. The summed E-state index contributed by atoms with van der Waals surface area (Å²) in [4.78, 5) is 11.0. The second-order valence-corrected chi connectivity index (χ2v) is 8.57. The molecule has 2 N–H and O–H groups in total. The van der Waals surface area contributed by atoms with Crippen LogP contribution in [0.4, 0.5) is 0 Å². The van der Waals surface area contributed by atoms with Crippen LogP contribution in [0.25, 0.3) is 0 Å². The second kappa shape index (κ2) is 7.09. The predicted molar refractivity (Wildman–Crippen MR) is 97.5 cm³/mol. The van der Waals surface area contributed by atoms with E-state index >= 15 is 0 Å². The molecular formula is C19H22O6S. The van der Waals surface area contributed by atoms with E-state index in [2.05, 4.69) is 0 Å². The monoisotopic (exact) mass is 378 g/mol. The minimum absolute atomic E-state index is 0.0357. The van der Waals surface area contributed by atoms with Crippen molar-refractivity contribution in [2.45, 2.75) is 38.2 Å². The standard InChI is InChI=1S/C19H22O6S/c1-12-5-6-15(9-13(12)2)25-16-7-8-17(14(3)10-16)26(23,24)11-19(4,22)18(20)21/h5-10,22H,11H2,1-4H3,(H,20,21). The maximum absolute atomic E-state index is 12.5. The third-order valence-electron chi connectivity index (χ3n) is 4.13. The van der Waals surface area contributed by atoms with Gasteiger partial charge in [0.05, 0.1) is 10.6 Å². The number of rotatable bonds is 6. The number of benzene rings is 2. The zero-order valence-electron chi connectivity index (χ0n) is 15.1. The molecule has 0 aliphatic rings. The highest BCUT2D eigenvalue weighted by molar-refractivity contribution is 7.91. The largest absolute Gasteiger partial charge is 0.479 e. The van der Waals surface area contributed by atoms with Crippen LogP contribution in [-0.4, -0.2) is 36.0 Å². The molecule has 0 aromatic heterocycles. The van der Waals surface area contributed by atoms with Crippen LogP contribution < -0.4 is 4.74 Å². The molecule has 0 fully saturated rings. The first-order valence-electron chi connectivity index (χ1n) is 7.97. The fraction of sp³-hybridized carbons (Fsp3) is 0.316. The van der Waals surface area contributed by atoms with Crippen molar-refractivity contribution < 1.29 is 28.2 Å². The van der Waals surface area contributed by atoms with Crippen LogP contribution in [0.2, 0.25) is 0 Å². The van der Waals surface area contributed by atoms with E-state index in [9.17, 15) is 18.3 Å². The van der Waals surface area contributed by atoms with Gasteiger partial charge in [0.15, 0.2) is 15.4 Å². The van der Waals surface area contributed by atoms with Crippen LogP contribution in [0.3, 0.4) is 0 Å². The van der Waals surface area contributed by atoms with Gasteiger partial charge in [-0.05, 0) is 74.7 Å². The molecule has 0 saturated heterocycles. The summed E-state index contributed by atoms with van der Waals surface area (Å²) in [6.45, 7) is 6.52. The van der Waals surface area contributed by atoms with E-state index in [1.165, 1.54) is 12.1 Å². The van der Waals surface area contributed by atoms with Crippen molar-refractivity contribution in [3.63, 3.8) is 0 Å². The molecule has 26 heavy (non-hydrogen) atoms. The highest BCUT2D eigenvalue weighted by atomic mass is 32.2. The van der Waals surface area contributed by atoms with Gasteiger partial charge in [-0.2, -0.15) is 0 Å². The second-order valence-electron chi connectivity index (χ2n) is 6.61. The van der Waals surface area contributed by atoms with E-state index < -0.39 is 27.2 Å². The molecule has 0 amide bonds. The number of hydrogen-bond acceptors (Lipinski definition) is 5. The Bertz CT molecular complexity index is 944. The lowest BCUT2D eigenvalue weighted by Gasteiger charge is -2.18. The lowest BCUT2D eigenvalue weighted by molar-refractivity contribution is -0.154. The van der Waals surface area contributed by atoms with Crippen LogP contribution in [0.5, 0.6) is 11.5 Å². The first kappa shape index (κ1) is 19.9. The van der Waals surface area contributed by atoms with E-state index in [1.807, 2.05) is 32.0 Å². The summed E-state index contributed by atoms with van der Waals surface area (Å²) in [5, 5.41) is 18.7. The van der Waals surface area contributed by atoms with Crippen LogP contribution in [-0.2, 0) is 14.6 Å². The van der Waals surface area contributed by atoms with Gasteiger partial charge in [0.2, 0.25) is 0 Å². The van der Waals surface area contributed by atoms with Crippen LogP contribution in [0, 0.1) is 20.8 Å². The highest BCUT2D eigenvalue weighted by Gasteiger charge is 2.37. The van der Waals surface area contributed by atoms with Gasteiger partial charge < -0.3 is 14.9 Å². The Kier molecular flexibility index (Phi) is 5.44. The third kappa shape index (κ3) is 4.42. The molecule has 0 heterocycles. The van der Waals surface area contributed by atoms with E-state index in [0.29, 0.717) is 17.1 Å². The molecule has 2 aromatic carbocycles. The molecule has 0 bridgehead atoms. The Morgan fingerprint density at radius 2 is 1.54 bits per heavy atom. The molecule has 2 aromatic rings. The first-order valence-corrected chi connectivity index (χ1v) is 9.62. The minimum atomic E-state index is -3.98. The van der Waals surface area contributed by atoms with Gasteiger partial charge in [-0.1, -0.05) is 6.07 Å². The van der Waals surface area contributed by atoms with Gasteiger partial charge in [0.25, 0.3) is 0 Å². The Balaban J connectivity index is 2.29. The number of ether oxygens (including phenoxy) is 1. The number of aryl methyl sites for hydroxylation is 3. The summed E-state index contributed by atoms with van der Waals surface area (Å²) < 4.78 is 30.7. The van der Waals surface area contributed by atoms with E-state index in [-0.39, 0.29) is 4.90 Å². The number of carboxylic acids is 1. The minimum Gasteiger partial charge on any atom is -0.479 e. The molecule has 0 spiro atoms. The molecule has 1 atom stereocenters. The summed E-state index contributed by atoms with van der Waals surface area (Å²) >= 11 is 0. The summed E-state index contributed by atoms with van der Waals surface area (Å²) in [6, 6.07) is 10.1. The molecule has 7 heteroatoms. The fourth-order valence-electron chi connectivity index (χ4n) is 2.46. The smallest absolute Gasteiger partial charge is 0.336 e. The quantitative estimate of drug-likeness (QED) is 0.801. The van der Waals surface area contributed by atoms with Crippen molar-refractivity contribution in [1.29, 1.82) is 0 Å².